The summed E-state index contributed by atoms with van der Waals surface area (Å²) in [6, 6.07) is 17.8. The molecule has 1 aliphatic rings. The van der Waals surface area contributed by atoms with E-state index in [4.69, 9.17) is 11.6 Å². The molecule has 0 amide bonds. The van der Waals surface area contributed by atoms with Gasteiger partial charge >= 0.3 is 0 Å². The van der Waals surface area contributed by atoms with Gasteiger partial charge in [0.25, 0.3) is 5.56 Å². The number of fused-ring (bicyclic) bond motifs is 5. The number of nitrogens with zero attached hydrogens (tertiary/aromatic N) is 4. The molecule has 6 rings (SSSR count). The Kier molecular flexibility index (Phi) is 5.71. The quantitative estimate of drug-likeness (QED) is 0.266. The minimum Gasteiger partial charge on any atom is -0.268 e. The molecule has 34 heavy (non-hydrogen) atoms. The van der Waals surface area contributed by atoms with E-state index in [2.05, 4.69) is 45.8 Å². The second kappa shape index (κ2) is 8.87. The number of benzene rings is 2. The van der Waals surface area contributed by atoms with E-state index in [1.54, 1.807) is 39.8 Å². The molecule has 3 heterocycles. The van der Waals surface area contributed by atoms with Crippen LogP contribution in [-0.4, -0.2) is 24.9 Å². The fraction of sp³-hybridized carbons (Fsp3) is 0.269. The number of thioether (sulfide) groups is 1. The smallest absolute Gasteiger partial charge is 0.268 e. The average Bonchev–Trinajstić information content (AvgIpc) is 3.42. The van der Waals surface area contributed by atoms with Gasteiger partial charge in [0.1, 0.15) is 4.83 Å². The Morgan fingerprint density at radius 3 is 2.71 bits per heavy atom. The highest BCUT2D eigenvalue weighted by Gasteiger charge is 2.27. The van der Waals surface area contributed by atoms with Gasteiger partial charge in [0, 0.05) is 15.7 Å². The zero-order valence-electron chi connectivity index (χ0n) is 18.7. The molecule has 3 aromatic heterocycles. The number of hydrogen-bond acceptors (Lipinski definition) is 5. The zero-order valence-corrected chi connectivity index (χ0v) is 21.1. The number of rotatable bonds is 5. The van der Waals surface area contributed by atoms with E-state index in [1.165, 1.54) is 16.0 Å². The number of aromatic nitrogens is 4. The van der Waals surface area contributed by atoms with Crippen LogP contribution in [0.1, 0.15) is 29.3 Å². The Morgan fingerprint density at radius 1 is 1.12 bits per heavy atom. The molecular weight excluding hydrogens is 484 g/mol. The van der Waals surface area contributed by atoms with Gasteiger partial charge in [-0.25, -0.2) is 8.97 Å². The largest absolute Gasteiger partial charge is 0.268 e. The van der Waals surface area contributed by atoms with Gasteiger partial charge in [-0.05, 0) is 67.0 Å². The van der Waals surface area contributed by atoms with Crippen molar-refractivity contribution in [1.29, 1.82) is 0 Å². The van der Waals surface area contributed by atoms with Crippen molar-refractivity contribution in [2.24, 2.45) is 5.92 Å². The highest BCUT2D eigenvalue weighted by Crippen LogP contribution is 2.38. The van der Waals surface area contributed by atoms with Crippen LogP contribution in [0.4, 0.5) is 0 Å². The summed E-state index contributed by atoms with van der Waals surface area (Å²) in [6.07, 6.45) is 4.07. The minimum atomic E-state index is -0.0235. The summed E-state index contributed by atoms with van der Waals surface area (Å²) in [4.78, 5) is 16.2. The molecule has 0 saturated carbocycles. The van der Waals surface area contributed by atoms with Gasteiger partial charge in [-0.3, -0.25) is 4.79 Å². The molecule has 5 nitrogen and oxygen atoms in total. The molecule has 0 aliphatic heterocycles. The van der Waals surface area contributed by atoms with E-state index >= 15 is 0 Å². The van der Waals surface area contributed by atoms with Crippen LogP contribution in [0, 0.1) is 5.92 Å². The van der Waals surface area contributed by atoms with Crippen molar-refractivity contribution in [3.63, 3.8) is 0 Å². The molecule has 1 unspecified atom stereocenters. The standard InChI is InChI=1S/C26H23ClN4OS2/c1-16-7-12-21-20(15-16)22-23(32)30(19-10-8-18(27)9-11-19)25-28-29-26(31(25)24(22)34-21)33-14-13-17-5-3-2-4-6-17/h2-6,8-11,16H,7,12-15H2,1H3. The van der Waals surface area contributed by atoms with Crippen LogP contribution in [0.15, 0.2) is 64.5 Å². The normalized spacial score (nSPS) is 15.8. The van der Waals surface area contributed by atoms with Crippen molar-refractivity contribution in [1.82, 2.24) is 19.2 Å². The molecule has 0 radical (unpaired) electrons. The number of thiophene rings is 1. The van der Waals surface area contributed by atoms with Gasteiger partial charge in [-0.1, -0.05) is 60.6 Å². The van der Waals surface area contributed by atoms with E-state index < -0.39 is 0 Å². The van der Waals surface area contributed by atoms with Crippen LogP contribution >= 0.6 is 34.7 Å². The fourth-order valence-corrected chi connectivity index (χ4v) is 7.17. The van der Waals surface area contributed by atoms with Gasteiger partial charge in [0.05, 0.1) is 11.1 Å². The topological polar surface area (TPSA) is 52.2 Å². The molecule has 0 bridgehead atoms. The van der Waals surface area contributed by atoms with Crippen LogP contribution in [0.25, 0.3) is 21.7 Å². The van der Waals surface area contributed by atoms with Crippen LogP contribution in [0.5, 0.6) is 0 Å². The van der Waals surface area contributed by atoms with Crippen molar-refractivity contribution in [3.8, 4) is 5.69 Å². The Hall–Kier alpha value is -2.61. The molecule has 8 heteroatoms. The van der Waals surface area contributed by atoms with Crippen molar-refractivity contribution < 1.29 is 0 Å². The maximum Gasteiger partial charge on any atom is 0.268 e. The summed E-state index contributed by atoms with van der Waals surface area (Å²) in [6.45, 7) is 2.27. The lowest BCUT2D eigenvalue weighted by molar-refractivity contribution is 0.508. The Morgan fingerprint density at radius 2 is 1.91 bits per heavy atom. The summed E-state index contributed by atoms with van der Waals surface area (Å²) < 4.78 is 3.79. The van der Waals surface area contributed by atoms with Crippen LogP contribution < -0.4 is 5.56 Å². The summed E-state index contributed by atoms with van der Waals surface area (Å²) in [5.41, 5.74) is 3.23. The number of aryl methyl sites for hydroxylation is 2. The molecule has 172 valence electrons. The van der Waals surface area contributed by atoms with Gasteiger partial charge < -0.3 is 0 Å². The lowest BCUT2D eigenvalue weighted by atomic mass is 9.89. The maximum absolute atomic E-state index is 13.9. The van der Waals surface area contributed by atoms with Gasteiger partial charge in [-0.2, -0.15) is 0 Å². The lowest BCUT2D eigenvalue weighted by Gasteiger charge is -2.18. The van der Waals surface area contributed by atoms with Gasteiger partial charge in [-0.15, -0.1) is 21.5 Å². The van der Waals surface area contributed by atoms with Crippen molar-refractivity contribution in [2.75, 3.05) is 5.75 Å². The highest BCUT2D eigenvalue weighted by atomic mass is 35.5. The Labute approximate surface area is 210 Å². The molecule has 5 aromatic rings. The predicted octanol–water partition coefficient (Wildman–Crippen LogP) is 6.21. The molecule has 0 spiro atoms. The monoisotopic (exact) mass is 506 g/mol. The van der Waals surface area contributed by atoms with Crippen LogP contribution in [-0.2, 0) is 19.3 Å². The van der Waals surface area contributed by atoms with E-state index in [1.807, 2.05) is 18.2 Å². The highest BCUT2D eigenvalue weighted by molar-refractivity contribution is 7.99. The Balaban J connectivity index is 1.53. The number of halogens is 1. The molecule has 2 aromatic carbocycles. The first-order valence-electron chi connectivity index (χ1n) is 11.5. The molecule has 1 atom stereocenters. The molecule has 0 N–H and O–H groups in total. The van der Waals surface area contributed by atoms with Crippen LogP contribution in [0.2, 0.25) is 5.02 Å². The first-order valence-corrected chi connectivity index (χ1v) is 13.6. The summed E-state index contributed by atoms with van der Waals surface area (Å²) >= 11 is 9.56. The summed E-state index contributed by atoms with van der Waals surface area (Å²) in [5, 5.41) is 11.3. The third kappa shape index (κ3) is 3.76. The Bertz CT molecular complexity index is 1550. The van der Waals surface area contributed by atoms with E-state index in [9.17, 15) is 4.79 Å². The fourth-order valence-electron chi connectivity index (χ4n) is 4.73. The van der Waals surface area contributed by atoms with Crippen molar-refractivity contribution in [3.05, 3.63) is 86.0 Å². The predicted molar refractivity (Wildman–Crippen MR) is 141 cm³/mol. The molecule has 1 aliphatic carbocycles. The average molecular weight is 507 g/mol. The van der Waals surface area contributed by atoms with Gasteiger partial charge in [0.2, 0.25) is 5.78 Å². The second-order valence-corrected chi connectivity index (χ2v) is 11.4. The van der Waals surface area contributed by atoms with Gasteiger partial charge in [0.15, 0.2) is 5.16 Å². The van der Waals surface area contributed by atoms with Crippen molar-refractivity contribution in [2.45, 2.75) is 37.8 Å². The first kappa shape index (κ1) is 21.9. The third-order valence-electron chi connectivity index (χ3n) is 6.47. The molecule has 0 saturated heterocycles. The summed E-state index contributed by atoms with van der Waals surface area (Å²) in [7, 11) is 0. The third-order valence-corrected chi connectivity index (χ3v) is 8.93. The van der Waals surface area contributed by atoms with Crippen molar-refractivity contribution >= 4 is 50.7 Å². The molecular formula is C26H23ClN4OS2. The first-order chi connectivity index (χ1) is 16.6. The SMILES string of the molecule is CC1CCc2sc3c(c2C1)c(=O)n(-c1ccc(Cl)cc1)c1nnc(SCCc2ccccc2)n31. The molecule has 0 fully saturated rings. The van der Waals surface area contributed by atoms with Crippen LogP contribution in [0.3, 0.4) is 0 Å². The zero-order chi connectivity index (χ0) is 23.2. The van der Waals surface area contributed by atoms with E-state index in [-0.39, 0.29) is 5.56 Å². The summed E-state index contributed by atoms with van der Waals surface area (Å²) in [5.74, 6) is 2.01. The second-order valence-electron chi connectivity index (χ2n) is 8.85. The number of hydrogen-bond donors (Lipinski definition) is 0. The van der Waals surface area contributed by atoms with E-state index in [0.29, 0.717) is 16.7 Å². The van der Waals surface area contributed by atoms with E-state index in [0.717, 1.165) is 52.5 Å². The lowest BCUT2D eigenvalue weighted by Crippen LogP contribution is -2.22. The minimum absolute atomic E-state index is 0.0235. The maximum atomic E-state index is 13.9.